The first-order valence-corrected chi connectivity index (χ1v) is 13.5. The van der Waals surface area contributed by atoms with Gasteiger partial charge in [-0.25, -0.2) is 8.42 Å². The van der Waals surface area contributed by atoms with Crippen LogP contribution in [0.3, 0.4) is 0 Å². The molecule has 8 heteroatoms. The van der Waals surface area contributed by atoms with Crippen molar-refractivity contribution in [1.82, 2.24) is 9.21 Å². The summed E-state index contributed by atoms with van der Waals surface area (Å²) >= 11 is 0. The van der Waals surface area contributed by atoms with E-state index in [4.69, 9.17) is 15.2 Å². The number of nitrogens with zero attached hydrogens (tertiary/aromatic N) is 2. The normalized spacial score (nSPS) is 26.6. The molecule has 2 saturated heterocycles. The van der Waals surface area contributed by atoms with Crippen molar-refractivity contribution in [2.24, 2.45) is 11.7 Å². The second-order valence-electron chi connectivity index (χ2n) is 8.90. The lowest BCUT2D eigenvalue weighted by atomic mass is 9.77. The maximum Gasteiger partial charge on any atom is 0.214 e. The molecule has 1 aromatic rings. The Labute approximate surface area is 186 Å². The van der Waals surface area contributed by atoms with Crippen molar-refractivity contribution in [2.45, 2.75) is 58.0 Å². The van der Waals surface area contributed by atoms with Crippen molar-refractivity contribution < 1.29 is 17.9 Å². The van der Waals surface area contributed by atoms with Gasteiger partial charge in [0.1, 0.15) is 0 Å². The Morgan fingerprint density at radius 3 is 2.58 bits per heavy atom. The van der Waals surface area contributed by atoms with Gasteiger partial charge in [0.15, 0.2) is 11.5 Å². The third-order valence-electron chi connectivity index (χ3n) is 7.04. The fourth-order valence-electron chi connectivity index (χ4n) is 5.68. The van der Waals surface area contributed by atoms with Crippen LogP contribution < -0.4 is 15.2 Å². The summed E-state index contributed by atoms with van der Waals surface area (Å²) in [4.78, 5) is 2.57. The van der Waals surface area contributed by atoms with E-state index in [1.54, 1.807) is 0 Å². The number of benzene rings is 1. The first-order valence-electron chi connectivity index (χ1n) is 11.8. The molecule has 0 unspecified atom stereocenters. The second-order valence-corrected chi connectivity index (χ2v) is 10.9. The Morgan fingerprint density at radius 1 is 1.13 bits per heavy atom. The molecule has 0 aromatic heterocycles. The highest BCUT2D eigenvalue weighted by Crippen LogP contribution is 2.46. The van der Waals surface area contributed by atoms with Crippen LogP contribution in [0.1, 0.15) is 56.7 Å². The zero-order valence-corrected chi connectivity index (χ0v) is 19.7. The van der Waals surface area contributed by atoms with Crippen LogP contribution in [0.4, 0.5) is 0 Å². The van der Waals surface area contributed by atoms with E-state index in [0.717, 1.165) is 50.3 Å². The highest BCUT2D eigenvalue weighted by Gasteiger charge is 2.45. The van der Waals surface area contributed by atoms with Gasteiger partial charge in [0.05, 0.1) is 19.0 Å². The molecule has 0 radical (unpaired) electrons. The summed E-state index contributed by atoms with van der Waals surface area (Å²) in [6.45, 7) is 8.20. The number of nitrogens with two attached hydrogens (primary N) is 1. The molecule has 3 atom stereocenters. The Balaban J connectivity index is 1.64. The minimum Gasteiger partial charge on any atom is -0.490 e. The van der Waals surface area contributed by atoms with Crippen LogP contribution >= 0.6 is 0 Å². The topological polar surface area (TPSA) is 85.1 Å². The number of rotatable bonds is 8. The fraction of sp³-hybridized carbons (Fsp3) is 0.739. The lowest BCUT2D eigenvalue weighted by Crippen LogP contribution is -2.57. The number of hydrogen-bond acceptors (Lipinski definition) is 6. The van der Waals surface area contributed by atoms with Gasteiger partial charge < -0.3 is 15.2 Å². The monoisotopic (exact) mass is 451 g/mol. The van der Waals surface area contributed by atoms with Crippen LogP contribution in [-0.4, -0.2) is 68.8 Å². The Hall–Kier alpha value is -1.35. The highest BCUT2D eigenvalue weighted by atomic mass is 32.2. The molecule has 3 aliphatic heterocycles. The van der Waals surface area contributed by atoms with Crippen LogP contribution in [0.2, 0.25) is 0 Å². The summed E-state index contributed by atoms with van der Waals surface area (Å²) in [7, 11) is -3.27. The molecule has 2 N–H and O–H groups in total. The number of sulfonamides is 1. The van der Waals surface area contributed by atoms with Crippen molar-refractivity contribution in [3.8, 4) is 11.5 Å². The Morgan fingerprint density at radius 2 is 1.87 bits per heavy atom. The van der Waals surface area contributed by atoms with E-state index in [-0.39, 0.29) is 17.8 Å². The predicted octanol–water partition coefficient (Wildman–Crippen LogP) is 2.55. The number of piperidine rings is 2. The van der Waals surface area contributed by atoms with E-state index in [2.05, 4.69) is 17.0 Å². The summed E-state index contributed by atoms with van der Waals surface area (Å²) in [5, 5.41) is 0. The standard InChI is InChI=1S/C23H37N3O4S/c1-3-29-22-13-17-8-11-25-16-18-7-5-10-26(31(27,28)12-6-9-24)20(18)15-21(25)19(17)14-23(22)30-4-2/h13-14,18,20-21H,3-12,15-16,24H2,1-2H3/t18-,20+,21-/m0/s1. The van der Waals surface area contributed by atoms with Gasteiger partial charge in [-0.1, -0.05) is 0 Å². The van der Waals surface area contributed by atoms with Gasteiger partial charge >= 0.3 is 0 Å². The number of hydrogen-bond donors (Lipinski definition) is 1. The molecule has 3 heterocycles. The van der Waals surface area contributed by atoms with Crippen molar-refractivity contribution in [3.05, 3.63) is 23.3 Å². The van der Waals surface area contributed by atoms with Gasteiger partial charge in [-0.05, 0) is 81.7 Å². The van der Waals surface area contributed by atoms with E-state index >= 15 is 0 Å². The molecule has 0 saturated carbocycles. The summed E-state index contributed by atoms with van der Waals surface area (Å²) in [6.07, 6.45) is 4.42. The zero-order chi connectivity index (χ0) is 22.0. The lowest BCUT2D eigenvalue weighted by molar-refractivity contribution is 0.0218. The minimum atomic E-state index is -3.27. The quantitative estimate of drug-likeness (QED) is 0.654. The van der Waals surface area contributed by atoms with E-state index < -0.39 is 10.0 Å². The molecule has 7 nitrogen and oxygen atoms in total. The van der Waals surface area contributed by atoms with Gasteiger partial charge in [-0.2, -0.15) is 4.31 Å². The predicted molar refractivity (Wildman–Crippen MR) is 122 cm³/mol. The summed E-state index contributed by atoms with van der Waals surface area (Å²) in [5.41, 5.74) is 8.18. The zero-order valence-electron chi connectivity index (χ0n) is 18.9. The van der Waals surface area contributed by atoms with Crippen LogP contribution in [0, 0.1) is 5.92 Å². The summed E-state index contributed by atoms with van der Waals surface area (Å²) in [5.74, 6) is 2.18. The van der Waals surface area contributed by atoms with Crippen molar-refractivity contribution in [2.75, 3.05) is 45.1 Å². The van der Waals surface area contributed by atoms with Crippen molar-refractivity contribution >= 4 is 10.0 Å². The first kappa shape index (κ1) is 22.8. The van der Waals surface area contributed by atoms with Crippen molar-refractivity contribution in [1.29, 1.82) is 0 Å². The number of fused-ring (bicyclic) bond motifs is 4. The largest absolute Gasteiger partial charge is 0.490 e. The number of ether oxygens (including phenoxy) is 2. The maximum atomic E-state index is 13.1. The van der Waals surface area contributed by atoms with Gasteiger partial charge in [0.2, 0.25) is 10.0 Å². The molecule has 0 amide bonds. The molecule has 0 spiro atoms. The molecule has 2 fully saturated rings. The minimum absolute atomic E-state index is 0.0748. The first-order chi connectivity index (χ1) is 15.0. The van der Waals surface area contributed by atoms with Gasteiger partial charge in [-0.15, -0.1) is 0 Å². The Bertz CT molecular complexity index is 876. The van der Waals surface area contributed by atoms with Crippen LogP contribution in [0.25, 0.3) is 0 Å². The molecule has 31 heavy (non-hydrogen) atoms. The van der Waals surface area contributed by atoms with Crippen molar-refractivity contribution in [3.63, 3.8) is 0 Å². The van der Waals surface area contributed by atoms with E-state index in [0.29, 0.717) is 38.6 Å². The van der Waals surface area contributed by atoms with Gasteiger partial charge in [0, 0.05) is 31.7 Å². The Kier molecular flexibility index (Phi) is 7.10. The SMILES string of the molecule is CCOc1cc2c(cc1OCC)[C@@H]1C[C@@H]3[C@@H](CCCN3S(=O)(=O)CCCN)CN1CC2. The molecule has 4 rings (SSSR count). The fourth-order valence-corrected chi connectivity index (χ4v) is 7.52. The summed E-state index contributed by atoms with van der Waals surface area (Å²) in [6, 6.07) is 4.59. The van der Waals surface area contributed by atoms with Crippen LogP contribution in [0.15, 0.2) is 12.1 Å². The van der Waals surface area contributed by atoms with E-state index in [9.17, 15) is 8.42 Å². The second kappa shape index (κ2) is 9.65. The lowest BCUT2D eigenvalue weighted by Gasteiger charge is -2.51. The summed E-state index contributed by atoms with van der Waals surface area (Å²) < 4.78 is 39.7. The highest BCUT2D eigenvalue weighted by molar-refractivity contribution is 7.89. The van der Waals surface area contributed by atoms with Gasteiger partial charge in [0.25, 0.3) is 0 Å². The molecule has 0 bridgehead atoms. The smallest absolute Gasteiger partial charge is 0.214 e. The molecule has 0 aliphatic carbocycles. The molecular weight excluding hydrogens is 414 g/mol. The average Bonchev–Trinajstić information content (AvgIpc) is 2.76. The maximum absolute atomic E-state index is 13.1. The molecular formula is C23H37N3O4S. The third kappa shape index (κ3) is 4.58. The van der Waals surface area contributed by atoms with Crippen LogP contribution in [0.5, 0.6) is 11.5 Å². The molecule has 174 valence electrons. The van der Waals surface area contributed by atoms with Crippen LogP contribution in [-0.2, 0) is 16.4 Å². The third-order valence-corrected chi connectivity index (χ3v) is 9.01. The molecule has 3 aliphatic rings. The van der Waals surface area contributed by atoms with Gasteiger partial charge in [-0.3, -0.25) is 4.90 Å². The van der Waals surface area contributed by atoms with E-state index in [1.165, 1.54) is 11.1 Å². The average molecular weight is 452 g/mol. The van der Waals surface area contributed by atoms with E-state index in [1.807, 2.05) is 18.2 Å². The molecule has 1 aromatic carbocycles.